The van der Waals surface area contributed by atoms with Gasteiger partial charge in [0.05, 0.1) is 52.0 Å². The Morgan fingerprint density at radius 1 is 1.21 bits per heavy atom. The molecule has 3 atom stereocenters. The van der Waals surface area contributed by atoms with Gasteiger partial charge in [0.25, 0.3) is 0 Å². The Labute approximate surface area is 332 Å². The van der Waals surface area contributed by atoms with E-state index < -0.39 is 18.8 Å². The summed E-state index contributed by atoms with van der Waals surface area (Å²) in [5, 5.41) is 10.4. The summed E-state index contributed by atoms with van der Waals surface area (Å²) in [5.74, 6) is -0.596. The molecule has 3 aliphatic rings. The fraction of sp³-hybridized carbons (Fsp3) is 0.436. The zero-order valence-corrected chi connectivity index (χ0v) is 33.7. The normalized spacial score (nSPS) is 20.2. The first-order chi connectivity index (χ1) is 26.8. The first kappa shape index (κ1) is 38.5. The van der Waals surface area contributed by atoms with Gasteiger partial charge < -0.3 is 35.1 Å². The summed E-state index contributed by atoms with van der Waals surface area (Å²) in [6.07, 6.45) is 5.61. The lowest BCUT2D eigenvalue weighted by atomic mass is 9.94. The molecule has 8 rings (SSSR count). The lowest BCUT2D eigenvalue weighted by Crippen LogP contribution is -2.43. The van der Waals surface area contributed by atoms with E-state index in [9.17, 15) is 9.83 Å². The summed E-state index contributed by atoms with van der Waals surface area (Å²) in [6, 6.07) is 7.88. The van der Waals surface area contributed by atoms with Crippen LogP contribution in [0.2, 0.25) is 5.02 Å². The summed E-state index contributed by atoms with van der Waals surface area (Å²) in [6.45, 7) is 8.42. The molecule has 2 saturated heterocycles. The largest absolute Gasteiger partial charge is 0.489 e. The van der Waals surface area contributed by atoms with Gasteiger partial charge in [-0.2, -0.15) is 15.2 Å². The van der Waals surface area contributed by atoms with Gasteiger partial charge in [0.1, 0.15) is 47.3 Å². The van der Waals surface area contributed by atoms with Crippen molar-refractivity contribution >= 4 is 67.7 Å². The van der Waals surface area contributed by atoms with Gasteiger partial charge in [-0.25, -0.2) is 13.8 Å². The first-order valence-electron chi connectivity index (χ1n) is 18.6. The third-order valence-corrected chi connectivity index (χ3v) is 14.0. The number of hydrogen-bond acceptors (Lipinski definition) is 13. The fourth-order valence-electron chi connectivity index (χ4n) is 8.54. The SMILES string of the molecule is C[C@H](c1cccnc1N)N1CCOc2c(Cl)c(-c3ccc(F)c4sc(N)c(C#N)c34)c(F)c3nc(OCC45CCCN4C[C@H](OCCCP(C)(C)=O)C5)nc1c23. The third kappa shape index (κ3) is 6.79. The summed E-state index contributed by atoms with van der Waals surface area (Å²) in [4.78, 5) is 18.3. The Morgan fingerprint density at radius 2 is 2.04 bits per heavy atom. The predicted molar refractivity (Wildman–Crippen MR) is 217 cm³/mol. The second-order valence-corrected chi connectivity index (χ2v) is 20.3. The topological polar surface area (TPSA) is 166 Å². The molecule has 3 aromatic heterocycles. The Bertz CT molecular complexity index is 2460. The molecular weight excluding hydrogens is 781 g/mol. The summed E-state index contributed by atoms with van der Waals surface area (Å²) in [5.41, 5.74) is 12.9. The smallest absolute Gasteiger partial charge is 0.319 e. The van der Waals surface area contributed by atoms with Crippen LogP contribution in [0.3, 0.4) is 0 Å². The Hall–Kier alpha value is -4.32. The maximum Gasteiger partial charge on any atom is 0.319 e. The van der Waals surface area contributed by atoms with Crippen LogP contribution in [0.4, 0.5) is 25.4 Å². The van der Waals surface area contributed by atoms with Crippen LogP contribution < -0.4 is 25.8 Å². The average Bonchev–Trinajstić information content (AvgIpc) is 3.78. The molecule has 6 heterocycles. The quantitative estimate of drug-likeness (QED) is 0.0981. The van der Waals surface area contributed by atoms with E-state index in [1.807, 2.05) is 17.9 Å². The molecule has 0 amide bonds. The molecule has 1 unspecified atom stereocenters. The summed E-state index contributed by atoms with van der Waals surface area (Å²) >= 11 is 8.02. The van der Waals surface area contributed by atoms with Crippen molar-refractivity contribution in [3.8, 4) is 29.0 Å². The zero-order valence-electron chi connectivity index (χ0n) is 31.3. The highest BCUT2D eigenvalue weighted by Crippen LogP contribution is 2.51. The molecular formula is C39H42ClF2N8O4PS. The van der Waals surface area contributed by atoms with Gasteiger partial charge in [-0.1, -0.05) is 23.7 Å². The van der Waals surface area contributed by atoms with Crippen molar-refractivity contribution in [2.24, 2.45) is 0 Å². The molecule has 12 nitrogen and oxygen atoms in total. The number of ether oxygens (including phenoxy) is 3. The number of benzene rings is 2. The number of nitriles is 1. The minimum absolute atomic E-state index is 0.00527. The molecule has 2 fully saturated rings. The van der Waals surface area contributed by atoms with Crippen molar-refractivity contribution in [2.75, 3.05) is 75.3 Å². The number of rotatable bonds is 11. The molecule has 0 bridgehead atoms. The van der Waals surface area contributed by atoms with Gasteiger partial charge in [-0.05, 0) is 70.2 Å². The second-order valence-electron chi connectivity index (χ2n) is 15.2. The number of anilines is 3. The molecule has 4 N–H and O–H groups in total. The van der Waals surface area contributed by atoms with E-state index in [2.05, 4.69) is 16.0 Å². The minimum atomic E-state index is -2.12. The van der Waals surface area contributed by atoms with E-state index in [1.54, 1.807) is 25.6 Å². The molecule has 0 aliphatic carbocycles. The van der Waals surface area contributed by atoms with Crippen LogP contribution in [-0.4, -0.2) is 90.4 Å². The van der Waals surface area contributed by atoms with E-state index >= 15 is 8.78 Å². The van der Waals surface area contributed by atoms with E-state index in [1.165, 1.54) is 12.1 Å². The highest BCUT2D eigenvalue weighted by molar-refractivity contribution is 7.62. The van der Waals surface area contributed by atoms with Crippen LogP contribution in [0.15, 0.2) is 30.5 Å². The van der Waals surface area contributed by atoms with E-state index in [0.717, 1.165) is 55.7 Å². The van der Waals surface area contributed by atoms with Crippen molar-refractivity contribution in [1.82, 2.24) is 19.9 Å². The van der Waals surface area contributed by atoms with Gasteiger partial charge in [0, 0.05) is 42.0 Å². The van der Waals surface area contributed by atoms with Crippen LogP contribution >= 0.6 is 30.1 Å². The van der Waals surface area contributed by atoms with Gasteiger partial charge >= 0.3 is 6.01 Å². The van der Waals surface area contributed by atoms with Crippen LogP contribution in [0.1, 0.15) is 49.8 Å². The van der Waals surface area contributed by atoms with Gasteiger partial charge in [0.2, 0.25) is 0 Å². The lowest BCUT2D eigenvalue weighted by molar-refractivity contribution is 0.0571. The molecule has 0 radical (unpaired) electrons. The highest BCUT2D eigenvalue weighted by atomic mass is 35.5. The Balaban J connectivity index is 1.23. The van der Waals surface area contributed by atoms with Gasteiger partial charge in [0.15, 0.2) is 11.6 Å². The number of hydrogen-bond donors (Lipinski definition) is 2. The highest BCUT2D eigenvalue weighted by Gasteiger charge is 2.49. The fourth-order valence-corrected chi connectivity index (χ4v) is 10.7. The van der Waals surface area contributed by atoms with E-state index in [4.69, 9.17) is 47.2 Å². The number of thiophene rings is 1. The van der Waals surface area contributed by atoms with Gasteiger partial charge in [-0.15, -0.1) is 11.3 Å². The number of nitrogens with zero attached hydrogens (tertiary/aromatic N) is 6. The molecule has 0 saturated carbocycles. The van der Waals surface area contributed by atoms with Crippen LogP contribution in [0.5, 0.6) is 11.8 Å². The van der Waals surface area contributed by atoms with Crippen LogP contribution in [0.25, 0.3) is 32.1 Å². The molecule has 5 aromatic rings. The number of fused-ring (bicyclic) bond motifs is 2. The number of nitrogen functional groups attached to an aromatic ring is 2. The molecule has 17 heteroatoms. The third-order valence-electron chi connectivity index (χ3n) is 11.2. The maximum atomic E-state index is 17.5. The monoisotopic (exact) mass is 822 g/mol. The molecule has 294 valence electrons. The van der Waals surface area contributed by atoms with Crippen LogP contribution in [-0.2, 0) is 9.30 Å². The number of aromatic nitrogens is 3. The van der Waals surface area contributed by atoms with Crippen molar-refractivity contribution < 1.29 is 27.6 Å². The second kappa shape index (κ2) is 14.9. The van der Waals surface area contributed by atoms with Crippen molar-refractivity contribution in [2.45, 2.75) is 50.3 Å². The summed E-state index contributed by atoms with van der Waals surface area (Å²) < 4.78 is 64.0. The molecule has 0 spiro atoms. The maximum absolute atomic E-state index is 17.5. The predicted octanol–water partition coefficient (Wildman–Crippen LogP) is 7.85. The molecule has 3 aliphatic heterocycles. The standard InChI is InChI=1S/C39H42ClF2N8O4PS/c1-21(23-7-4-11-46-35(23)44)50-13-15-53-33-29-32(31(42)28(30(33)40)24-8-9-26(41)34-27(24)25(18-43)36(45)56-34)47-38(48-37(29)50)54-20-39-10-5-12-49(39)19-22(17-39)52-14-6-16-55(2,3)51/h4,7-9,11,21-22H,5-6,10,12-17,19-20,45H2,1-3H3,(H2,44,46)/t21-,22-,39?/m1/s1. The van der Waals surface area contributed by atoms with Crippen molar-refractivity contribution in [3.63, 3.8) is 0 Å². The van der Waals surface area contributed by atoms with E-state index in [0.29, 0.717) is 30.9 Å². The Morgan fingerprint density at radius 3 is 2.80 bits per heavy atom. The first-order valence-corrected chi connectivity index (χ1v) is 22.5. The summed E-state index contributed by atoms with van der Waals surface area (Å²) in [7, 11) is -2.12. The van der Waals surface area contributed by atoms with Crippen molar-refractivity contribution in [1.29, 1.82) is 5.26 Å². The molecule has 56 heavy (non-hydrogen) atoms. The lowest BCUT2D eigenvalue weighted by Gasteiger charge is -2.32. The van der Waals surface area contributed by atoms with Crippen molar-refractivity contribution in [3.05, 3.63) is 58.2 Å². The number of nitrogens with two attached hydrogens (primary N) is 2. The Kier molecular flexibility index (Phi) is 10.2. The van der Waals surface area contributed by atoms with Crippen LogP contribution in [0, 0.1) is 23.0 Å². The average molecular weight is 823 g/mol. The minimum Gasteiger partial charge on any atom is -0.489 e. The van der Waals surface area contributed by atoms with E-state index in [-0.39, 0.29) is 90.4 Å². The number of pyridine rings is 1. The zero-order chi connectivity index (χ0) is 39.5. The van der Waals surface area contributed by atoms with Gasteiger partial charge in [-0.3, -0.25) is 4.90 Å². The molecule has 2 aromatic carbocycles. The number of halogens is 3.